The Kier molecular flexibility index (Phi) is 6.16. The highest BCUT2D eigenvalue weighted by Gasteiger charge is 2.31. The zero-order valence-electron chi connectivity index (χ0n) is 11.4. The van der Waals surface area contributed by atoms with Crippen molar-refractivity contribution in [2.45, 2.75) is 50.8 Å². The lowest BCUT2D eigenvalue weighted by Gasteiger charge is -2.34. The molecule has 96 valence electrons. The van der Waals surface area contributed by atoms with Crippen LogP contribution in [0.2, 0.25) is 0 Å². The van der Waals surface area contributed by atoms with E-state index in [1.54, 1.807) is 0 Å². The molecule has 1 unspecified atom stereocenters. The summed E-state index contributed by atoms with van der Waals surface area (Å²) < 4.78 is 0.487. The molecule has 1 N–H and O–H groups in total. The molecule has 1 aliphatic rings. The van der Waals surface area contributed by atoms with Crippen molar-refractivity contribution in [2.24, 2.45) is 0 Å². The highest BCUT2D eigenvalue weighted by molar-refractivity contribution is 8.00. The van der Waals surface area contributed by atoms with Crippen LogP contribution in [0, 0.1) is 0 Å². The van der Waals surface area contributed by atoms with Crippen LogP contribution >= 0.6 is 11.8 Å². The predicted octanol–water partition coefficient (Wildman–Crippen LogP) is 2.59. The minimum atomic E-state index is 0.487. The van der Waals surface area contributed by atoms with Crippen molar-refractivity contribution in [3.05, 3.63) is 0 Å². The van der Waals surface area contributed by atoms with Crippen LogP contribution in [0.1, 0.15) is 40.0 Å². The number of nitrogens with one attached hydrogen (secondary N) is 1. The molecular formula is C13H28N2S. The highest BCUT2D eigenvalue weighted by atomic mass is 32.2. The molecule has 3 heteroatoms. The Labute approximate surface area is 106 Å². The van der Waals surface area contributed by atoms with E-state index in [0.717, 1.165) is 12.6 Å². The van der Waals surface area contributed by atoms with Crippen LogP contribution in [0.25, 0.3) is 0 Å². The molecule has 0 aliphatic carbocycles. The number of likely N-dealkylation sites (N-methyl/N-ethyl adjacent to an activating group) is 1. The van der Waals surface area contributed by atoms with Gasteiger partial charge in [0.2, 0.25) is 0 Å². The van der Waals surface area contributed by atoms with Crippen molar-refractivity contribution in [1.29, 1.82) is 0 Å². The molecule has 1 rings (SSSR count). The third-order valence-electron chi connectivity index (χ3n) is 4.00. The Morgan fingerprint density at radius 3 is 2.50 bits per heavy atom. The standard InChI is InChI=1S/C13H28N2S/c1-5-13(6-2,16-4)11-15-9-8-12(10-15)14-7-3/h12,14H,5-11H2,1-4H3. The second kappa shape index (κ2) is 6.87. The zero-order chi connectivity index (χ0) is 12.0. The number of likely N-dealkylation sites (tertiary alicyclic amines) is 1. The lowest BCUT2D eigenvalue weighted by molar-refractivity contribution is 0.282. The van der Waals surface area contributed by atoms with Crippen LogP contribution in [0.5, 0.6) is 0 Å². The molecule has 0 spiro atoms. The van der Waals surface area contributed by atoms with E-state index in [-0.39, 0.29) is 0 Å². The summed E-state index contributed by atoms with van der Waals surface area (Å²) in [5, 5.41) is 3.57. The third kappa shape index (κ3) is 3.64. The molecule has 0 radical (unpaired) electrons. The summed E-state index contributed by atoms with van der Waals surface area (Å²) in [6.07, 6.45) is 6.16. The Morgan fingerprint density at radius 2 is 2.00 bits per heavy atom. The first-order chi connectivity index (χ1) is 7.69. The van der Waals surface area contributed by atoms with Gasteiger partial charge in [0.25, 0.3) is 0 Å². The lowest BCUT2D eigenvalue weighted by atomic mass is 10.0. The molecule has 1 saturated heterocycles. The number of nitrogens with zero attached hydrogens (tertiary/aromatic N) is 1. The average Bonchev–Trinajstić information content (AvgIpc) is 2.74. The average molecular weight is 244 g/mol. The van der Waals surface area contributed by atoms with Gasteiger partial charge in [-0.2, -0.15) is 11.8 Å². The Hall–Kier alpha value is 0.270. The van der Waals surface area contributed by atoms with E-state index in [1.165, 1.54) is 38.9 Å². The molecule has 2 nitrogen and oxygen atoms in total. The van der Waals surface area contributed by atoms with E-state index in [1.807, 2.05) is 0 Å². The number of rotatable bonds is 7. The maximum Gasteiger partial charge on any atom is 0.0279 e. The Balaban J connectivity index is 2.42. The number of thioether (sulfide) groups is 1. The van der Waals surface area contributed by atoms with Gasteiger partial charge in [-0.1, -0.05) is 20.8 Å². The van der Waals surface area contributed by atoms with E-state index in [0.29, 0.717) is 4.75 Å². The molecular weight excluding hydrogens is 216 g/mol. The summed E-state index contributed by atoms with van der Waals surface area (Å²) in [4.78, 5) is 2.65. The minimum Gasteiger partial charge on any atom is -0.313 e. The van der Waals surface area contributed by atoms with Crippen LogP contribution in [-0.2, 0) is 0 Å². The topological polar surface area (TPSA) is 15.3 Å². The van der Waals surface area contributed by atoms with Crippen LogP contribution in [0.4, 0.5) is 0 Å². The van der Waals surface area contributed by atoms with Gasteiger partial charge in [0.1, 0.15) is 0 Å². The number of hydrogen-bond acceptors (Lipinski definition) is 3. The fourth-order valence-corrected chi connectivity index (χ4v) is 3.55. The molecule has 1 fully saturated rings. The lowest BCUT2D eigenvalue weighted by Crippen LogP contribution is -2.40. The third-order valence-corrected chi connectivity index (χ3v) is 5.57. The first-order valence-corrected chi connectivity index (χ1v) is 7.93. The monoisotopic (exact) mass is 244 g/mol. The van der Waals surface area contributed by atoms with E-state index in [9.17, 15) is 0 Å². The Morgan fingerprint density at radius 1 is 1.31 bits per heavy atom. The maximum absolute atomic E-state index is 3.57. The molecule has 1 heterocycles. The van der Waals surface area contributed by atoms with Crippen molar-refractivity contribution in [3.8, 4) is 0 Å². The molecule has 0 bridgehead atoms. The van der Waals surface area contributed by atoms with Gasteiger partial charge >= 0.3 is 0 Å². The normalized spacial score (nSPS) is 22.9. The molecule has 0 amide bonds. The molecule has 0 saturated carbocycles. The van der Waals surface area contributed by atoms with E-state index in [2.05, 4.69) is 49.0 Å². The first kappa shape index (κ1) is 14.3. The molecule has 16 heavy (non-hydrogen) atoms. The van der Waals surface area contributed by atoms with Crippen LogP contribution < -0.4 is 5.32 Å². The summed E-state index contributed by atoms with van der Waals surface area (Å²) in [5.74, 6) is 0. The summed E-state index contributed by atoms with van der Waals surface area (Å²) in [6.45, 7) is 11.8. The minimum absolute atomic E-state index is 0.487. The van der Waals surface area contributed by atoms with Gasteiger partial charge in [-0.05, 0) is 38.6 Å². The molecule has 1 atom stereocenters. The van der Waals surface area contributed by atoms with Crippen molar-refractivity contribution in [3.63, 3.8) is 0 Å². The van der Waals surface area contributed by atoms with Gasteiger partial charge in [-0.3, -0.25) is 0 Å². The fraction of sp³-hybridized carbons (Fsp3) is 1.00. The van der Waals surface area contributed by atoms with Crippen molar-refractivity contribution >= 4 is 11.8 Å². The maximum atomic E-state index is 3.57. The van der Waals surface area contributed by atoms with Gasteiger partial charge in [-0.15, -0.1) is 0 Å². The van der Waals surface area contributed by atoms with Crippen molar-refractivity contribution in [2.75, 3.05) is 32.4 Å². The molecule has 0 aromatic rings. The fourth-order valence-electron chi connectivity index (χ4n) is 2.67. The number of hydrogen-bond donors (Lipinski definition) is 1. The zero-order valence-corrected chi connectivity index (χ0v) is 12.2. The van der Waals surface area contributed by atoms with E-state index >= 15 is 0 Å². The highest BCUT2D eigenvalue weighted by Crippen LogP contribution is 2.32. The smallest absolute Gasteiger partial charge is 0.0279 e. The van der Waals surface area contributed by atoms with E-state index < -0.39 is 0 Å². The summed E-state index contributed by atoms with van der Waals surface area (Å²) in [5.41, 5.74) is 0. The largest absolute Gasteiger partial charge is 0.313 e. The van der Waals surface area contributed by atoms with Crippen LogP contribution in [0.3, 0.4) is 0 Å². The summed E-state index contributed by atoms with van der Waals surface area (Å²) in [7, 11) is 0. The summed E-state index contributed by atoms with van der Waals surface area (Å²) in [6, 6.07) is 0.735. The SMILES string of the molecule is CCNC1CCN(CC(CC)(CC)SC)C1. The predicted molar refractivity (Wildman–Crippen MR) is 75.3 cm³/mol. The Bertz CT molecular complexity index is 184. The second-order valence-corrected chi connectivity index (χ2v) is 6.15. The molecule has 0 aromatic heterocycles. The van der Waals surface area contributed by atoms with E-state index in [4.69, 9.17) is 0 Å². The molecule has 0 aromatic carbocycles. The second-order valence-electron chi connectivity index (χ2n) is 4.87. The van der Waals surface area contributed by atoms with Gasteiger partial charge in [0.15, 0.2) is 0 Å². The summed E-state index contributed by atoms with van der Waals surface area (Å²) >= 11 is 2.06. The van der Waals surface area contributed by atoms with Gasteiger partial charge in [0, 0.05) is 23.9 Å². The quantitative estimate of drug-likeness (QED) is 0.741. The van der Waals surface area contributed by atoms with Crippen LogP contribution in [-0.4, -0.2) is 48.1 Å². The van der Waals surface area contributed by atoms with Gasteiger partial charge in [-0.25, -0.2) is 0 Å². The van der Waals surface area contributed by atoms with Gasteiger partial charge < -0.3 is 10.2 Å². The van der Waals surface area contributed by atoms with Crippen LogP contribution in [0.15, 0.2) is 0 Å². The molecule has 1 aliphatic heterocycles. The van der Waals surface area contributed by atoms with Gasteiger partial charge in [0.05, 0.1) is 0 Å². The van der Waals surface area contributed by atoms with Crippen molar-refractivity contribution in [1.82, 2.24) is 10.2 Å². The van der Waals surface area contributed by atoms with Crippen molar-refractivity contribution < 1.29 is 0 Å². The first-order valence-electron chi connectivity index (χ1n) is 6.70.